The second kappa shape index (κ2) is 12.1. The van der Waals surface area contributed by atoms with Gasteiger partial charge in [0.05, 0.1) is 0 Å². The number of hydrogen-bond donors (Lipinski definition) is 3. The van der Waals surface area contributed by atoms with Crippen LogP contribution in [-0.4, -0.2) is 46.6 Å². The molecule has 0 aliphatic rings. The molecule has 0 aromatic heterocycles. The lowest BCUT2D eigenvalue weighted by Gasteiger charge is -2.32. The molecule has 1 unspecified atom stereocenters. The Hall–Kier alpha value is -3.55. The largest absolute Gasteiger partial charge is 0.507 e. The van der Waals surface area contributed by atoms with Crippen LogP contribution < -0.4 is 10.6 Å². The van der Waals surface area contributed by atoms with Crippen LogP contribution in [0, 0.1) is 6.92 Å². The Morgan fingerprint density at radius 3 is 2.32 bits per heavy atom. The van der Waals surface area contributed by atoms with Gasteiger partial charge in [0, 0.05) is 18.7 Å². The van der Waals surface area contributed by atoms with Crippen LogP contribution in [-0.2, 0) is 20.9 Å². The van der Waals surface area contributed by atoms with E-state index in [1.165, 1.54) is 4.90 Å². The lowest BCUT2D eigenvalue weighted by atomic mass is 9.99. The molecule has 0 spiro atoms. The van der Waals surface area contributed by atoms with Gasteiger partial charge in [-0.25, -0.2) is 4.79 Å². The second-order valence-corrected chi connectivity index (χ2v) is 9.06. The highest BCUT2D eigenvalue weighted by Gasteiger charge is 2.33. The third kappa shape index (κ3) is 7.79. The molecule has 1 atom stereocenters. The molecule has 184 valence electrons. The first-order chi connectivity index (χ1) is 16.0. The molecule has 0 bridgehead atoms. The number of ether oxygens (including phenoxy) is 1. The monoisotopic (exact) mass is 469 g/mol. The number of rotatable bonds is 9. The number of nitrogens with one attached hydrogen (secondary N) is 2. The third-order valence-corrected chi connectivity index (χ3v) is 5.00. The Labute approximate surface area is 201 Å². The third-order valence-electron chi connectivity index (χ3n) is 5.00. The molecule has 0 saturated heterocycles. The highest BCUT2D eigenvalue weighted by Crippen LogP contribution is 2.32. The first-order valence-corrected chi connectivity index (χ1v) is 11.4. The maximum Gasteiger partial charge on any atom is 0.408 e. The number of nitrogens with zero attached hydrogens (tertiary/aromatic N) is 1. The Bertz CT molecular complexity index is 986. The Balaban J connectivity index is 2.30. The first-order valence-electron chi connectivity index (χ1n) is 11.4. The number of phenols is 1. The van der Waals surface area contributed by atoms with Gasteiger partial charge in [-0.3, -0.25) is 9.59 Å². The van der Waals surface area contributed by atoms with Crippen LogP contribution in [0.15, 0.2) is 48.5 Å². The fourth-order valence-electron chi connectivity index (χ4n) is 3.44. The topological polar surface area (TPSA) is 108 Å². The van der Waals surface area contributed by atoms with Crippen LogP contribution in [0.4, 0.5) is 4.79 Å². The van der Waals surface area contributed by atoms with E-state index < -0.39 is 29.6 Å². The van der Waals surface area contributed by atoms with Gasteiger partial charge < -0.3 is 25.4 Å². The minimum absolute atomic E-state index is 0.0450. The van der Waals surface area contributed by atoms with Crippen LogP contribution in [0.2, 0.25) is 0 Å². The minimum Gasteiger partial charge on any atom is -0.507 e. The van der Waals surface area contributed by atoms with Gasteiger partial charge in [-0.1, -0.05) is 55.5 Å². The number of phenolic OH excluding ortho intramolecular Hbond substituents is 1. The molecular formula is C26H35N3O5. The standard InChI is InChI=1S/C26H35N3O5/c1-6-15-29(21(30)17-28-25(33)34-26(3,4)5)22(20-14-10-11-18(2)23(20)31)24(32)27-16-19-12-8-7-9-13-19/h7-14,22,31H,6,15-17H2,1-5H3,(H,27,32)(H,28,33). The summed E-state index contributed by atoms with van der Waals surface area (Å²) < 4.78 is 5.20. The molecule has 8 nitrogen and oxygen atoms in total. The van der Waals surface area contributed by atoms with Crippen molar-refractivity contribution in [3.05, 3.63) is 65.2 Å². The Morgan fingerprint density at radius 1 is 1.03 bits per heavy atom. The molecule has 34 heavy (non-hydrogen) atoms. The van der Waals surface area contributed by atoms with Crippen LogP contribution in [0.1, 0.15) is 56.8 Å². The maximum absolute atomic E-state index is 13.4. The summed E-state index contributed by atoms with van der Waals surface area (Å²) in [4.78, 5) is 40.0. The van der Waals surface area contributed by atoms with Crippen molar-refractivity contribution in [1.82, 2.24) is 15.5 Å². The number of carbonyl (C=O) groups excluding carboxylic acids is 3. The average Bonchev–Trinajstić information content (AvgIpc) is 2.78. The normalized spacial score (nSPS) is 11.9. The number of aromatic hydroxyl groups is 1. The van der Waals surface area contributed by atoms with Crippen molar-refractivity contribution in [1.29, 1.82) is 0 Å². The smallest absolute Gasteiger partial charge is 0.408 e. The van der Waals surface area contributed by atoms with Crippen molar-refractivity contribution >= 4 is 17.9 Å². The Kier molecular flexibility index (Phi) is 9.47. The van der Waals surface area contributed by atoms with Crippen molar-refractivity contribution in [3.63, 3.8) is 0 Å². The number of para-hydroxylation sites is 1. The predicted molar refractivity (Wildman–Crippen MR) is 130 cm³/mol. The Morgan fingerprint density at radius 2 is 1.71 bits per heavy atom. The molecule has 3 N–H and O–H groups in total. The van der Waals surface area contributed by atoms with Gasteiger partial charge in [0.1, 0.15) is 23.9 Å². The average molecular weight is 470 g/mol. The highest BCUT2D eigenvalue weighted by atomic mass is 16.6. The molecule has 0 aliphatic carbocycles. The number of amides is 3. The maximum atomic E-state index is 13.4. The van der Waals surface area contributed by atoms with Gasteiger partial charge in [-0.2, -0.15) is 0 Å². The summed E-state index contributed by atoms with van der Waals surface area (Å²) in [7, 11) is 0. The van der Waals surface area contributed by atoms with Crippen LogP contribution >= 0.6 is 0 Å². The van der Waals surface area contributed by atoms with E-state index in [0.717, 1.165) is 5.56 Å². The summed E-state index contributed by atoms with van der Waals surface area (Å²) >= 11 is 0. The van der Waals surface area contributed by atoms with Gasteiger partial charge in [0.15, 0.2) is 0 Å². The fourth-order valence-corrected chi connectivity index (χ4v) is 3.44. The van der Waals surface area contributed by atoms with Crippen molar-refractivity contribution in [2.75, 3.05) is 13.1 Å². The van der Waals surface area contributed by atoms with Gasteiger partial charge in [-0.15, -0.1) is 0 Å². The van der Waals surface area contributed by atoms with Crippen LogP contribution in [0.25, 0.3) is 0 Å². The van der Waals surface area contributed by atoms with E-state index in [4.69, 9.17) is 4.74 Å². The summed E-state index contributed by atoms with van der Waals surface area (Å²) in [6.45, 7) is 8.98. The van der Waals surface area contributed by atoms with Crippen LogP contribution in [0.5, 0.6) is 5.75 Å². The van der Waals surface area contributed by atoms with E-state index in [2.05, 4.69) is 10.6 Å². The van der Waals surface area contributed by atoms with E-state index in [9.17, 15) is 19.5 Å². The number of hydrogen-bond acceptors (Lipinski definition) is 5. The number of aryl methyl sites for hydroxylation is 1. The molecule has 0 radical (unpaired) electrons. The van der Waals surface area contributed by atoms with Crippen molar-refractivity contribution < 1.29 is 24.2 Å². The zero-order valence-corrected chi connectivity index (χ0v) is 20.6. The lowest BCUT2D eigenvalue weighted by Crippen LogP contribution is -2.48. The molecule has 8 heteroatoms. The van der Waals surface area contributed by atoms with E-state index in [-0.39, 0.29) is 25.4 Å². The lowest BCUT2D eigenvalue weighted by molar-refractivity contribution is -0.140. The predicted octanol–water partition coefficient (Wildman–Crippen LogP) is 3.82. The summed E-state index contributed by atoms with van der Waals surface area (Å²) in [5.74, 6) is -0.936. The quantitative estimate of drug-likeness (QED) is 0.517. The van der Waals surface area contributed by atoms with Crippen molar-refractivity contribution in [3.8, 4) is 5.75 Å². The zero-order valence-electron chi connectivity index (χ0n) is 20.6. The molecule has 0 heterocycles. The SMILES string of the molecule is CCCN(C(=O)CNC(=O)OC(C)(C)C)C(C(=O)NCc1ccccc1)c1cccc(C)c1O. The van der Waals surface area contributed by atoms with Gasteiger partial charge >= 0.3 is 6.09 Å². The first kappa shape index (κ1) is 26.7. The molecule has 0 fully saturated rings. The molecule has 2 rings (SSSR count). The molecule has 0 aliphatic heterocycles. The molecule has 0 saturated carbocycles. The van der Waals surface area contributed by atoms with E-state index in [1.807, 2.05) is 37.3 Å². The second-order valence-electron chi connectivity index (χ2n) is 9.06. The molecule has 3 amide bonds. The van der Waals surface area contributed by atoms with Crippen LogP contribution in [0.3, 0.4) is 0 Å². The van der Waals surface area contributed by atoms with E-state index in [1.54, 1.807) is 45.9 Å². The highest BCUT2D eigenvalue weighted by molar-refractivity contribution is 5.91. The molecule has 2 aromatic rings. The summed E-state index contributed by atoms with van der Waals surface area (Å²) in [5.41, 5.74) is 1.12. The van der Waals surface area contributed by atoms with Gasteiger partial charge in [0.25, 0.3) is 0 Å². The summed E-state index contributed by atoms with van der Waals surface area (Å²) in [6.07, 6.45) is -0.145. The zero-order chi connectivity index (χ0) is 25.3. The molecular weight excluding hydrogens is 434 g/mol. The molecule has 2 aromatic carbocycles. The number of benzene rings is 2. The fraction of sp³-hybridized carbons (Fsp3) is 0.423. The number of alkyl carbamates (subject to hydrolysis) is 1. The summed E-state index contributed by atoms with van der Waals surface area (Å²) in [5, 5.41) is 16.1. The van der Waals surface area contributed by atoms with Gasteiger partial charge in [-0.05, 0) is 45.2 Å². The van der Waals surface area contributed by atoms with Crippen molar-refractivity contribution in [2.45, 2.75) is 59.2 Å². The van der Waals surface area contributed by atoms with E-state index >= 15 is 0 Å². The van der Waals surface area contributed by atoms with Crippen molar-refractivity contribution in [2.24, 2.45) is 0 Å². The van der Waals surface area contributed by atoms with E-state index in [0.29, 0.717) is 17.5 Å². The number of carbonyl (C=O) groups is 3. The van der Waals surface area contributed by atoms with Gasteiger partial charge in [0.2, 0.25) is 11.8 Å². The minimum atomic E-state index is -1.07. The summed E-state index contributed by atoms with van der Waals surface area (Å²) in [6, 6.07) is 13.4.